The minimum absolute atomic E-state index is 0. The molecule has 0 spiro atoms. The molecule has 0 aliphatic carbocycles. The number of aromatic hydroxyl groups is 2. The summed E-state index contributed by atoms with van der Waals surface area (Å²) in [5.41, 5.74) is 3.74. The average Bonchev–Trinajstić information content (AvgIpc) is 2.83. The van der Waals surface area contributed by atoms with Crippen LogP contribution in [0.2, 0.25) is 0 Å². The van der Waals surface area contributed by atoms with Crippen LogP contribution in [0.4, 0.5) is 0 Å². The van der Waals surface area contributed by atoms with Crippen LogP contribution in [0.1, 0.15) is 137 Å². The molecule has 47 heavy (non-hydrogen) atoms. The van der Waals surface area contributed by atoms with Crippen molar-refractivity contribution in [3.05, 3.63) is 57.6 Å². The predicted molar refractivity (Wildman–Crippen MR) is 194 cm³/mol. The maximum Gasteiger partial charge on any atom is 2.00 e. The summed E-state index contributed by atoms with van der Waals surface area (Å²) in [7, 11) is -7.09. The third kappa shape index (κ3) is 14.4. The van der Waals surface area contributed by atoms with Gasteiger partial charge < -0.3 is 33.2 Å². The van der Waals surface area contributed by atoms with Gasteiger partial charge in [-0.05, 0) is 75.8 Å². The van der Waals surface area contributed by atoms with Crippen LogP contribution in [-0.2, 0) is 56.7 Å². The Morgan fingerprint density at radius 1 is 0.553 bits per heavy atom. The van der Waals surface area contributed by atoms with Crippen LogP contribution in [-0.4, -0.2) is 67.8 Å². The van der Waals surface area contributed by atoms with Gasteiger partial charge in [-0.1, -0.05) is 107 Å². The van der Waals surface area contributed by atoms with Crippen LogP contribution >= 0.6 is 15.2 Å². The molecule has 0 radical (unpaired) electrons. The van der Waals surface area contributed by atoms with E-state index in [0.717, 1.165) is 27.8 Å². The van der Waals surface area contributed by atoms with Crippen LogP contribution in [0.15, 0.2) is 24.3 Å². The van der Waals surface area contributed by atoms with Gasteiger partial charge in [0, 0.05) is 6.16 Å². The Bertz CT molecular complexity index is 1330. The van der Waals surface area contributed by atoms with Crippen molar-refractivity contribution >= 4 is 52.9 Å². The smallest absolute Gasteiger partial charge is 0.778 e. The first-order valence-corrected chi connectivity index (χ1v) is 19.6. The van der Waals surface area contributed by atoms with Gasteiger partial charge in [0.2, 0.25) is 0 Å². The monoisotopic (exact) mass is 723 g/mol. The largest absolute Gasteiger partial charge is 2.00 e. The molecular weight excluding hydrogens is 662 g/mol. The first kappa shape index (κ1) is 46.6. The number of hydrogen-bond donors (Lipinski definition) is 2. The SMILES string of the molecule is CCOP(=O)(Cc1cc(C(C)(C)C)c(O)c(C(C)(C)C)c1)OCC.CCOP(=O)([O-])Cc1cc(C(C)(C)C)c(O)c(C(C)(C)C)c1.[Ca+2]. The molecule has 8 nitrogen and oxygen atoms in total. The third-order valence-corrected chi connectivity index (χ3v) is 10.8. The van der Waals surface area contributed by atoms with Gasteiger partial charge in [-0.15, -0.1) is 0 Å². The fourth-order valence-corrected chi connectivity index (χ4v) is 7.86. The molecule has 0 aliphatic rings. The maximum absolute atomic E-state index is 12.9. The number of hydrogen-bond acceptors (Lipinski definition) is 8. The molecule has 11 heteroatoms. The van der Waals surface area contributed by atoms with E-state index in [2.05, 4.69) is 41.5 Å². The van der Waals surface area contributed by atoms with Crippen molar-refractivity contribution in [3.63, 3.8) is 0 Å². The second kappa shape index (κ2) is 17.7. The molecule has 0 aromatic heterocycles. The van der Waals surface area contributed by atoms with Crippen molar-refractivity contribution in [2.75, 3.05) is 19.8 Å². The minimum Gasteiger partial charge on any atom is -0.778 e. The van der Waals surface area contributed by atoms with E-state index in [-0.39, 0.29) is 84.1 Å². The maximum atomic E-state index is 12.9. The molecule has 264 valence electrons. The summed E-state index contributed by atoms with van der Waals surface area (Å²) in [5, 5.41) is 21.4. The Morgan fingerprint density at radius 3 is 1.04 bits per heavy atom. The standard InChI is InChI=1S/C19H33O4P.C17H29O4P.Ca/c1-9-22-24(21,23-10-2)13-14-11-15(18(3,4)5)17(20)16(12-14)19(6,7)8;1-8-21-22(19,20)11-12-9-13(16(2,3)4)15(18)14(10-12)17(5,6)7;/h11-12,20H,9-10,13H2,1-8H3;9-10,18H,8,11H2,1-7H3,(H,19,20);/q;;+2/p-1. The van der Waals surface area contributed by atoms with E-state index in [4.69, 9.17) is 13.6 Å². The molecule has 0 fully saturated rings. The van der Waals surface area contributed by atoms with Crippen molar-refractivity contribution < 1.29 is 37.8 Å². The zero-order valence-corrected chi connectivity index (χ0v) is 35.8. The molecule has 0 aliphatic heterocycles. The molecule has 2 aromatic rings. The van der Waals surface area contributed by atoms with Crippen LogP contribution in [0.5, 0.6) is 11.5 Å². The van der Waals surface area contributed by atoms with E-state index in [1.165, 1.54) is 0 Å². The van der Waals surface area contributed by atoms with Gasteiger partial charge in [-0.3, -0.25) is 4.57 Å². The van der Waals surface area contributed by atoms with E-state index < -0.39 is 15.2 Å². The van der Waals surface area contributed by atoms with E-state index in [9.17, 15) is 24.2 Å². The van der Waals surface area contributed by atoms with E-state index in [1.807, 2.05) is 67.5 Å². The van der Waals surface area contributed by atoms with E-state index >= 15 is 0 Å². The van der Waals surface area contributed by atoms with Crippen molar-refractivity contribution in [2.24, 2.45) is 0 Å². The minimum atomic E-state index is -3.91. The van der Waals surface area contributed by atoms with Crippen molar-refractivity contribution in [2.45, 2.75) is 138 Å². The molecule has 2 N–H and O–H groups in total. The first-order chi connectivity index (χ1) is 20.6. The Labute approximate surface area is 315 Å². The summed E-state index contributed by atoms with van der Waals surface area (Å²) in [4.78, 5) is 11.9. The summed E-state index contributed by atoms with van der Waals surface area (Å²) in [6.07, 6.45) is 0.0500. The molecule has 2 aromatic carbocycles. The van der Waals surface area contributed by atoms with Crippen molar-refractivity contribution in [1.29, 1.82) is 0 Å². The summed E-state index contributed by atoms with van der Waals surface area (Å²) >= 11 is 0. The molecule has 2 rings (SSSR count). The summed E-state index contributed by atoms with van der Waals surface area (Å²) in [6, 6.07) is 7.40. The molecule has 1 atom stereocenters. The summed E-state index contributed by atoms with van der Waals surface area (Å²) in [6.45, 7) is 30.4. The zero-order valence-electron chi connectivity index (χ0n) is 31.8. The molecule has 0 heterocycles. The summed E-state index contributed by atoms with van der Waals surface area (Å²) < 4.78 is 40.5. The predicted octanol–water partition coefficient (Wildman–Crippen LogP) is 9.45. The second-order valence-corrected chi connectivity index (χ2v) is 19.7. The molecule has 0 saturated carbocycles. The number of rotatable bonds is 10. The van der Waals surface area contributed by atoms with Gasteiger partial charge in [0.15, 0.2) is 0 Å². The number of benzene rings is 2. The van der Waals surface area contributed by atoms with Gasteiger partial charge in [0.05, 0.1) is 26.0 Å². The van der Waals surface area contributed by atoms with Gasteiger partial charge in [0.25, 0.3) is 0 Å². The fourth-order valence-electron chi connectivity index (χ4n) is 5.07. The molecule has 0 saturated heterocycles. The van der Waals surface area contributed by atoms with Crippen molar-refractivity contribution in [3.8, 4) is 11.5 Å². The quantitative estimate of drug-likeness (QED) is 0.184. The van der Waals surface area contributed by atoms with E-state index in [1.54, 1.807) is 19.1 Å². The topological polar surface area (TPSA) is 125 Å². The van der Waals surface area contributed by atoms with Gasteiger partial charge in [-0.25, -0.2) is 0 Å². The van der Waals surface area contributed by atoms with Crippen LogP contribution < -0.4 is 4.89 Å². The molecule has 0 bridgehead atoms. The van der Waals surface area contributed by atoms with E-state index in [0.29, 0.717) is 24.5 Å². The Hall–Kier alpha value is -0.400. The van der Waals surface area contributed by atoms with Gasteiger partial charge >= 0.3 is 45.3 Å². The Morgan fingerprint density at radius 2 is 0.809 bits per heavy atom. The van der Waals surface area contributed by atoms with Crippen LogP contribution in [0, 0.1) is 0 Å². The van der Waals surface area contributed by atoms with Gasteiger partial charge in [0.1, 0.15) is 19.1 Å². The van der Waals surface area contributed by atoms with Crippen LogP contribution in [0.3, 0.4) is 0 Å². The Kier molecular flexibility index (Phi) is 17.5. The fraction of sp³-hybridized carbons (Fsp3) is 0.667. The molecule has 0 amide bonds. The zero-order chi connectivity index (χ0) is 36.1. The third-order valence-electron chi connectivity index (χ3n) is 7.30. The number of phenols is 2. The van der Waals surface area contributed by atoms with Crippen molar-refractivity contribution in [1.82, 2.24) is 0 Å². The first-order valence-electron chi connectivity index (χ1n) is 16.2. The van der Waals surface area contributed by atoms with Gasteiger partial charge in [-0.2, -0.15) is 0 Å². The Balaban J connectivity index is 0.000000885. The summed E-state index contributed by atoms with van der Waals surface area (Å²) in [5.74, 6) is 0.572. The number of phenolic OH excluding ortho intramolecular Hbond substituents is 2. The second-order valence-electron chi connectivity index (χ2n) is 15.9. The molecular formula is C36H61CaO8P2+. The normalized spacial score (nSPS) is 14.1. The molecule has 1 unspecified atom stereocenters. The van der Waals surface area contributed by atoms with Crippen LogP contribution in [0.25, 0.3) is 0 Å². The average molecular weight is 724 g/mol.